The van der Waals surface area contributed by atoms with Crippen LogP contribution in [0.2, 0.25) is 0 Å². The van der Waals surface area contributed by atoms with Crippen LogP contribution in [-0.4, -0.2) is 41.6 Å². The molecule has 2 unspecified atom stereocenters. The molecule has 0 aliphatic rings. The number of nitrogens with two attached hydrogens (primary N) is 1. The molecule has 0 fully saturated rings. The minimum absolute atomic E-state index is 0.00717. The third-order valence-corrected chi connectivity index (χ3v) is 11.7. The van der Waals surface area contributed by atoms with Crippen molar-refractivity contribution in [2.45, 2.75) is 276 Å². The van der Waals surface area contributed by atoms with Gasteiger partial charge in [0.15, 0.2) is 0 Å². The van der Waals surface area contributed by atoms with Gasteiger partial charge in [0.05, 0.1) is 0 Å². The summed E-state index contributed by atoms with van der Waals surface area (Å²) >= 11 is 0. The Bertz CT molecular complexity index is 1040. The van der Waals surface area contributed by atoms with Crippen molar-refractivity contribution < 1.29 is 24.2 Å². The monoisotopic (exact) mass is 843 g/mol. The number of allylic oxidation sites excluding steroid dienone is 6. The maximum atomic E-state index is 12.9. The second kappa shape index (κ2) is 47.6. The number of esters is 1. The summed E-state index contributed by atoms with van der Waals surface area (Å²) in [5.74, 6) is -1.23. The highest BCUT2D eigenvalue weighted by Crippen LogP contribution is 2.19. The van der Waals surface area contributed by atoms with E-state index in [2.05, 4.69) is 55.6 Å². The molecular formula is C53H98N2O5. The number of amides is 1. The van der Waals surface area contributed by atoms with Crippen LogP contribution in [0, 0.1) is 0 Å². The van der Waals surface area contributed by atoms with E-state index in [0.717, 1.165) is 83.5 Å². The van der Waals surface area contributed by atoms with Crippen molar-refractivity contribution in [1.29, 1.82) is 0 Å². The van der Waals surface area contributed by atoms with Crippen molar-refractivity contribution in [2.75, 3.05) is 6.54 Å². The van der Waals surface area contributed by atoms with Gasteiger partial charge in [-0.1, -0.05) is 198 Å². The van der Waals surface area contributed by atoms with Crippen molar-refractivity contribution in [2.24, 2.45) is 5.73 Å². The third-order valence-electron chi connectivity index (χ3n) is 11.7. The number of ether oxygens (including phenoxy) is 1. The molecule has 0 aromatic rings. The first-order valence-corrected chi connectivity index (χ1v) is 25.8. The second-order valence-corrected chi connectivity index (χ2v) is 17.6. The lowest BCUT2D eigenvalue weighted by molar-refractivity contribution is -0.150. The van der Waals surface area contributed by atoms with Gasteiger partial charge in [0.2, 0.25) is 5.91 Å². The van der Waals surface area contributed by atoms with Gasteiger partial charge in [-0.2, -0.15) is 0 Å². The van der Waals surface area contributed by atoms with E-state index >= 15 is 0 Å². The van der Waals surface area contributed by atoms with Crippen molar-refractivity contribution in [3.05, 3.63) is 36.5 Å². The summed E-state index contributed by atoms with van der Waals surface area (Å²) < 4.78 is 6.08. The fourth-order valence-corrected chi connectivity index (χ4v) is 7.81. The molecule has 0 spiro atoms. The minimum atomic E-state index is -1.00. The molecule has 0 aliphatic heterocycles. The van der Waals surface area contributed by atoms with Crippen LogP contribution in [0.3, 0.4) is 0 Å². The lowest BCUT2D eigenvalue weighted by atomic mass is 10.0. The molecule has 7 nitrogen and oxygen atoms in total. The van der Waals surface area contributed by atoms with E-state index in [-0.39, 0.29) is 18.0 Å². The predicted molar refractivity (Wildman–Crippen MR) is 257 cm³/mol. The zero-order valence-corrected chi connectivity index (χ0v) is 39.6. The predicted octanol–water partition coefficient (Wildman–Crippen LogP) is 15.3. The average Bonchev–Trinajstić information content (AvgIpc) is 3.23. The Morgan fingerprint density at radius 1 is 0.483 bits per heavy atom. The van der Waals surface area contributed by atoms with Gasteiger partial charge < -0.3 is 20.9 Å². The van der Waals surface area contributed by atoms with Crippen LogP contribution >= 0.6 is 0 Å². The molecule has 0 bridgehead atoms. The molecule has 60 heavy (non-hydrogen) atoms. The van der Waals surface area contributed by atoms with Gasteiger partial charge in [-0.3, -0.25) is 9.59 Å². The molecule has 4 N–H and O–H groups in total. The summed E-state index contributed by atoms with van der Waals surface area (Å²) in [6, 6.07) is -0.858. The highest BCUT2D eigenvalue weighted by molar-refractivity contribution is 5.83. The maximum absolute atomic E-state index is 12.9. The van der Waals surface area contributed by atoms with Gasteiger partial charge in [0.25, 0.3) is 0 Å². The van der Waals surface area contributed by atoms with Crippen LogP contribution in [0.25, 0.3) is 0 Å². The first-order chi connectivity index (χ1) is 29.4. The molecule has 0 saturated carbocycles. The summed E-state index contributed by atoms with van der Waals surface area (Å²) in [7, 11) is 0. The molecule has 0 aromatic heterocycles. The molecule has 0 rings (SSSR count). The van der Waals surface area contributed by atoms with Crippen molar-refractivity contribution in [1.82, 2.24) is 5.32 Å². The summed E-state index contributed by atoms with van der Waals surface area (Å²) in [5.41, 5.74) is 5.50. The fraction of sp³-hybridized carbons (Fsp3) is 0.830. The number of hydrogen-bond acceptors (Lipinski definition) is 5. The van der Waals surface area contributed by atoms with Crippen LogP contribution in [0.15, 0.2) is 36.5 Å². The van der Waals surface area contributed by atoms with Crippen LogP contribution in [0.5, 0.6) is 0 Å². The molecule has 0 radical (unpaired) electrons. The normalized spacial score (nSPS) is 12.8. The summed E-state index contributed by atoms with van der Waals surface area (Å²) in [4.78, 5) is 36.5. The van der Waals surface area contributed by atoms with Gasteiger partial charge in [-0.25, -0.2) is 4.79 Å². The number of unbranched alkanes of at least 4 members (excludes halogenated alkanes) is 27. The molecule has 7 heteroatoms. The van der Waals surface area contributed by atoms with E-state index < -0.39 is 12.0 Å². The van der Waals surface area contributed by atoms with Gasteiger partial charge in [-0.05, 0) is 96.4 Å². The summed E-state index contributed by atoms with van der Waals surface area (Å²) in [5, 5.41) is 12.0. The number of carboxylic acid groups (broad SMARTS) is 1. The maximum Gasteiger partial charge on any atom is 0.326 e. The zero-order chi connectivity index (χ0) is 43.8. The zero-order valence-electron chi connectivity index (χ0n) is 39.6. The highest BCUT2D eigenvalue weighted by atomic mass is 16.5. The van der Waals surface area contributed by atoms with Gasteiger partial charge in [0, 0.05) is 12.8 Å². The van der Waals surface area contributed by atoms with Gasteiger partial charge in [-0.15, -0.1) is 0 Å². The molecule has 0 saturated heterocycles. The second-order valence-electron chi connectivity index (χ2n) is 17.6. The van der Waals surface area contributed by atoms with E-state index in [1.807, 2.05) is 0 Å². The minimum Gasteiger partial charge on any atom is -0.480 e. The average molecular weight is 843 g/mol. The molecular weight excluding hydrogens is 745 g/mol. The van der Waals surface area contributed by atoms with Gasteiger partial charge in [0.1, 0.15) is 12.1 Å². The Balaban J connectivity index is 4.27. The number of rotatable bonds is 47. The summed E-state index contributed by atoms with van der Waals surface area (Å²) in [6.07, 6.45) is 57.7. The van der Waals surface area contributed by atoms with E-state index in [1.54, 1.807) is 0 Å². The SMILES string of the molecule is CCCCCCC/C=C\C/C=C\C/C=C\CCCCCCCCC(=O)OC(CCCCCCCCCCCCCCC)CCCCCCCC(=O)NC(CCCN)C(=O)O. The lowest BCUT2D eigenvalue weighted by Crippen LogP contribution is -2.40. The first-order valence-electron chi connectivity index (χ1n) is 25.8. The number of nitrogens with one attached hydrogen (secondary N) is 1. The standard InChI is InChI=1S/C53H98N2O5/c1-3-5-7-9-11-13-15-17-18-19-20-21-22-23-24-26-28-30-32-37-41-47-52(57)60-49(43-38-34-31-29-27-25-16-14-12-10-8-6-4-2)44-39-35-33-36-40-46-51(56)55-50(53(58)59)45-42-48-54/h15,17,19-20,22-23,49-50H,3-14,16,18,21,24-48,54H2,1-2H3,(H,55,56)(H,58,59)/b17-15-,20-19-,23-22-. The van der Waals surface area contributed by atoms with Crippen LogP contribution in [0.4, 0.5) is 0 Å². The van der Waals surface area contributed by atoms with Crippen LogP contribution in [-0.2, 0) is 19.1 Å². The van der Waals surface area contributed by atoms with Crippen molar-refractivity contribution >= 4 is 17.8 Å². The van der Waals surface area contributed by atoms with E-state index in [4.69, 9.17) is 10.5 Å². The van der Waals surface area contributed by atoms with Gasteiger partial charge >= 0.3 is 11.9 Å². The third kappa shape index (κ3) is 43.7. The first kappa shape index (κ1) is 57.6. The Morgan fingerprint density at radius 2 is 0.867 bits per heavy atom. The Morgan fingerprint density at radius 3 is 1.30 bits per heavy atom. The number of hydrogen-bond donors (Lipinski definition) is 3. The molecule has 2 atom stereocenters. The molecule has 0 aliphatic carbocycles. The van der Waals surface area contributed by atoms with Crippen molar-refractivity contribution in [3.8, 4) is 0 Å². The molecule has 0 aromatic carbocycles. The topological polar surface area (TPSA) is 119 Å². The number of aliphatic carboxylic acids is 1. The number of carbonyl (C=O) groups excluding carboxylic acids is 2. The Hall–Kier alpha value is -2.41. The van der Waals surface area contributed by atoms with E-state index in [0.29, 0.717) is 32.2 Å². The molecule has 350 valence electrons. The fourth-order valence-electron chi connectivity index (χ4n) is 7.81. The summed E-state index contributed by atoms with van der Waals surface area (Å²) in [6.45, 7) is 4.95. The van der Waals surface area contributed by atoms with Crippen molar-refractivity contribution in [3.63, 3.8) is 0 Å². The van der Waals surface area contributed by atoms with E-state index in [9.17, 15) is 19.5 Å². The smallest absolute Gasteiger partial charge is 0.326 e. The molecule has 1 amide bonds. The lowest BCUT2D eigenvalue weighted by Gasteiger charge is -2.18. The highest BCUT2D eigenvalue weighted by Gasteiger charge is 2.19. The quantitative estimate of drug-likeness (QED) is 0.0319. The van der Waals surface area contributed by atoms with E-state index in [1.165, 1.54) is 141 Å². The Labute approximate surface area is 371 Å². The Kier molecular flexibility index (Phi) is 45.7. The number of carbonyl (C=O) groups is 3. The molecule has 0 heterocycles. The number of carboxylic acids is 1. The van der Waals surface area contributed by atoms with Crippen LogP contribution < -0.4 is 11.1 Å². The largest absolute Gasteiger partial charge is 0.480 e. The van der Waals surface area contributed by atoms with Crippen LogP contribution in [0.1, 0.15) is 264 Å².